The van der Waals surface area contributed by atoms with Crippen LogP contribution in [0.4, 0.5) is 5.00 Å². The number of hydrogen-bond donors (Lipinski definition) is 2. The molecule has 6 heteroatoms. The number of carbonyl (C=O) groups is 2. The summed E-state index contributed by atoms with van der Waals surface area (Å²) in [6, 6.07) is 8.74. The Labute approximate surface area is 162 Å². The molecule has 0 radical (unpaired) electrons. The van der Waals surface area contributed by atoms with Gasteiger partial charge in [0, 0.05) is 5.54 Å². The summed E-state index contributed by atoms with van der Waals surface area (Å²) in [6.45, 7) is 4.01. The summed E-state index contributed by atoms with van der Waals surface area (Å²) in [5.74, 6) is -0.335. The highest BCUT2D eigenvalue weighted by atomic mass is 35.5. The zero-order chi connectivity index (χ0) is 18.7. The number of thiophene rings is 1. The van der Waals surface area contributed by atoms with Crippen molar-refractivity contribution in [1.82, 2.24) is 5.32 Å². The fourth-order valence-electron chi connectivity index (χ4n) is 3.38. The molecule has 2 aromatic rings. The van der Waals surface area contributed by atoms with E-state index in [9.17, 15) is 9.59 Å². The summed E-state index contributed by atoms with van der Waals surface area (Å²) in [4.78, 5) is 25.8. The lowest BCUT2D eigenvalue weighted by molar-refractivity contribution is 0.0886. The highest BCUT2D eigenvalue weighted by molar-refractivity contribution is 7.18. The molecule has 0 aliphatic heterocycles. The summed E-state index contributed by atoms with van der Waals surface area (Å²) in [5, 5.41) is 7.09. The van der Waals surface area contributed by atoms with Crippen molar-refractivity contribution in [2.24, 2.45) is 0 Å². The lowest BCUT2D eigenvalue weighted by atomic mass is 9.83. The number of rotatable bonds is 4. The number of carbonyl (C=O) groups excluding carboxylic acids is 2. The standard InChI is InChI=1S/C20H23ClN2O2S/c1-13-12-16(22-18(24)14-8-4-5-9-15(14)21)26-17(13)19(25)23-20(2)10-6-3-7-11-20/h4-5,8-9,12H,3,6-7,10-11H2,1-2H3,(H,22,24)(H,23,25). The van der Waals surface area contributed by atoms with Crippen LogP contribution in [0.3, 0.4) is 0 Å². The van der Waals surface area contributed by atoms with Crippen molar-refractivity contribution >= 4 is 39.8 Å². The third kappa shape index (κ3) is 4.27. The molecule has 0 atom stereocenters. The van der Waals surface area contributed by atoms with Crippen LogP contribution in [0, 0.1) is 6.92 Å². The first kappa shape index (κ1) is 18.9. The van der Waals surface area contributed by atoms with Gasteiger partial charge in [-0.3, -0.25) is 9.59 Å². The summed E-state index contributed by atoms with van der Waals surface area (Å²) in [5.41, 5.74) is 1.15. The molecule has 26 heavy (non-hydrogen) atoms. The van der Waals surface area contributed by atoms with Crippen molar-refractivity contribution in [2.45, 2.75) is 51.5 Å². The molecule has 1 heterocycles. The quantitative estimate of drug-likeness (QED) is 0.732. The van der Waals surface area contributed by atoms with E-state index >= 15 is 0 Å². The smallest absolute Gasteiger partial charge is 0.262 e. The minimum atomic E-state index is -0.275. The van der Waals surface area contributed by atoms with Gasteiger partial charge >= 0.3 is 0 Å². The van der Waals surface area contributed by atoms with E-state index in [1.54, 1.807) is 24.3 Å². The number of hydrogen-bond acceptors (Lipinski definition) is 3. The fraction of sp³-hybridized carbons (Fsp3) is 0.400. The van der Waals surface area contributed by atoms with Crippen LogP contribution >= 0.6 is 22.9 Å². The number of benzene rings is 1. The lowest BCUT2D eigenvalue weighted by Gasteiger charge is -2.34. The minimum Gasteiger partial charge on any atom is -0.346 e. The van der Waals surface area contributed by atoms with Crippen LogP contribution in [0.2, 0.25) is 5.02 Å². The molecule has 1 aromatic heterocycles. The van der Waals surface area contributed by atoms with Crippen molar-refractivity contribution in [3.05, 3.63) is 51.4 Å². The minimum absolute atomic E-state index is 0.0601. The first-order valence-electron chi connectivity index (χ1n) is 8.87. The Morgan fingerprint density at radius 1 is 1.12 bits per heavy atom. The van der Waals surface area contributed by atoms with Crippen LogP contribution in [0.5, 0.6) is 0 Å². The van der Waals surface area contributed by atoms with Gasteiger partial charge in [-0.2, -0.15) is 0 Å². The van der Waals surface area contributed by atoms with Crippen molar-refractivity contribution in [1.29, 1.82) is 0 Å². The Bertz CT molecular complexity index is 825. The third-order valence-electron chi connectivity index (χ3n) is 4.85. The number of aryl methyl sites for hydroxylation is 1. The van der Waals surface area contributed by atoms with Gasteiger partial charge in [-0.05, 0) is 50.5 Å². The topological polar surface area (TPSA) is 58.2 Å². The van der Waals surface area contributed by atoms with Gasteiger partial charge in [0.25, 0.3) is 11.8 Å². The normalized spacial score (nSPS) is 16.1. The van der Waals surface area contributed by atoms with E-state index < -0.39 is 0 Å². The van der Waals surface area contributed by atoms with E-state index in [4.69, 9.17) is 11.6 Å². The first-order valence-corrected chi connectivity index (χ1v) is 10.1. The van der Waals surface area contributed by atoms with Gasteiger partial charge in [0.1, 0.15) is 0 Å². The van der Waals surface area contributed by atoms with Crippen molar-refractivity contribution in [3.63, 3.8) is 0 Å². The van der Waals surface area contributed by atoms with Crippen LogP contribution in [0.15, 0.2) is 30.3 Å². The number of anilines is 1. The average molecular weight is 391 g/mol. The van der Waals surface area contributed by atoms with Gasteiger partial charge in [-0.15, -0.1) is 11.3 Å². The molecular weight excluding hydrogens is 368 g/mol. The molecule has 1 aliphatic carbocycles. The van der Waals surface area contributed by atoms with E-state index in [1.807, 2.05) is 13.0 Å². The molecule has 2 amide bonds. The SMILES string of the molecule is Cc1cc(NC(=O)c2ccccc2Cl)sc1C(=O)NC1(C)CCCCC1. The molecule has 1 aromatic carbocycles. The second kappa shape index (κ2) is 7.80. The highest BCUT2D eigenvalue weighted by Gasteiger charge is 2.29. The molecule has 1 saturated carbocycles. The van der Waals surface area contributed by atoms with Gasteiger partial charge < -0.3 is 10.6 Å². The molecule has 0 spiro atoms. The molecule has 2 N–H and O–H groups in total. The maximum Gasteiger partial charge on any atom is 0.262 e. The Hall–Kier alpha value is -1.85. The lowest BCUT2D eigenvalue weighted by Crippen LogP contribution is -2.47. The van der Waals surface area contributed by atoms with Crippen molar-refractivity contribution in [2.75, 3.05) is 5.32 Å². The van der Waals surface area contributed by atoms with Crippen LogP contribution in [-0.4, -0.2) is 17.4 Å². The Balaban J connectivity index is 1.71. The van der Waals surface area contributed by atoms with E-state index in [0.717, 1.165) is 31.2 Å². The fourth-order valence-corrected chi connectivity index (χ4v) is 4.57. The molecule has 0 unspecified atom stereocenters. The maximum atomic E-state index is 12.7. The highest BCUT2D eigenvalue weighted by Crippen LogP contribution is 2.31. The zero-order valence-electron chi connectivity index (χ0n) is 15.0. The molecule has 0 saturated heterocycles. The third-order valence-corrected chi connectivity index (χ3v) is 6.33. The van der Waals surface area contributed by atoms with Gasteiger partial charge in [0.2, 0.25) is 0 Å². The van der Waals surface area contributed by atoms with E-state index in [2.05, 4.69) is 17.6 Å². The number of halogens is 1. The Kier molecular flexibility index (Phi) is 5.68. The number of amides is 2. The summed E-state index contributed by atoms with van der Waals surface area (Å²) in [7, 11) is 0. The predicted molar refractivity (Wildman–Crippen MR) is 107 cm³/mol. The first-order chi connectivity index (χ1) is 12.4. The van der Waals surface area contributed by atoms with E-state index in [0.29, 0.717) is 20.5 Å². The van der Waals surface area contributed by atoms with Gasteiger partial charge in [0.05, 0.1) is 20.5 Å². The summed E-state index contributed by atoms with van der Waals surface area (Å²) >= 11 is 7.37. The van der Waals surface area contributed by atoms with Gasteiger partial charge in [-0.25, -0.2) is 0 Å². The predicted octanol–water partition coefficient (Wildman–Crippen LogP) is 5.41. The van der Waals surface area contributed by atoms with Crippen LogP contribution in [0.25, 0.3) is 0 Å². The molecule has 0 bridgehead atoms. The molecule has 3 rings (SSSR count). The summed E-state index contributed by atoms with van der Waals surface area (Å²) in [6.07, 6.45) is 5.57. The number of nitrogens with one attached hydrogen (secondary N) is 2. The van der Waals surface area contributed by atoms with Gasteiger partial charge in [0.15, 0.2) is 0 Å². The van der Waals surface area contributed by atoms with Crippen molar-refractivity contribution in [3.8, 4) is 0 Å². The summed E-state index contributed by atoms with van der Waals surface area (Å²) < 4.78 is 0. The molecule has 138 valence electrons. The second-order valence-corrected chi connectivity index (χ2v) is 8.59. The molecular formula is C20H23ClN2O2S. The van der Waals surface area contributed by atoms with E-state index in [-0.39, 0.29) is 17.4 Å². The Morgan fingerprint density at radius 2 is 1.81 bits per heavy atom. The van der Waals surface area contributed by atoms with Crippen molar-refractivity contribution < 1.29 is 9.59 Å². The zero-order valence-corrected chi connectivity index (χ0v) is 16.6. The largest absolute Gasteiger partial charge is 0.346 e. The molecule has 1 aliphatic rings. The average Bonchev–Trinajstić information content (AvgIpc) is 2.96. The monoisotopic (exact) mass is 390 g/mol. The maximum absolute atomic E-state index is 12.7. The van der Waals surface area contributed by atoms with Crippen LogP contribution in [-0.2, 0) is 0 Å². The van der Waals surface area contributed by atoms with Crippen LogP contribution in [0.1, 0.15) is 64.6 Å². The molecule has 4 nitrogen and oxygen atoms in total. The second-order valence-electron chi connectivity index (χ2n) is 7.13. The molecule has 1 fully saturated rings. The Morgan fingerprint density at radius 3 is 2.50 bits per heavy atom. The van der Waals surface area contributed by atoms with Crippen LogP contribution < -0.4 is 10.6 Å². The van der Waals surface area contributed by atoms with E-state index in [1.165, 1.54) is 17.8 Å². The van der Waals surface area contributed by atoms with Gasteiger partial charge in [-0.1, -0.05) is 43.0 Å².